The van der Waals surface area contributed by atoms with E-state index in [9.17, 15) is 0 Å². The van der Waals surface area contributed by atoms with Gasteiger partial charge in [-0.3, -0.25) is 0 Å². The molecule has 0 saturated carbocycles. The molecule has 130 valence electrons. The van der Waals surface area contributed by atoms with Crippen LogP contribution in [0.2, 0.25) is 0 Å². The number of benzene rings is 1. The molecule has 0 amide bonds. The maximum absolute atomic E-state index is 3.85. The van der Waals surface area contributed by atoms with Crippen LogP contribution in [0.4, 0.5) is 0 Å². The number of rotatable bonds is 10. The van der Waals surface area contributed by atoms with Crippen LogP contribution in [-0.4, -0.2) is 6.54 Å². The highest BCUT2D eigenvalue weighted by Crippen LogP contribution is 2.09. The molecule has 0 saturated heterocycles. The van der Waals surface area contributed by atoms with Crippen molar-refractivity contribution in [1.82, 2.24) is 0 Å². The summed E-state index contributed by atoms with van der Waals surface area (Å²) in [6, 6.07) is 8.36. The van der Waals surface area contributed by atoms with E-state index in [1.54, 1.807) is 0 Å². The van der Waals surface area contributed by atoms with Gasteiger partial charge in [0, 0.05) is 0 Å². The highest BCUT2D eigenvalue weighted by Gasteiger charge is 1.91. The van der Waals surface area contributed by atoms with E-state index in [0.29, 0.717) is 0 Å². The van der Waals surface area contributed by atoms with E-state index in [-0.39, 0.29) is 12.4 Å². The van der Waals surface area contributed by atoms with E-state index in [2.05, 4.69) is 50.8 Å². The minimum Gasteiger partial charge on any atom is -1.00 e. The standard InChI is InChI=1S/C12H27N.C8H10.ClH/c1-2-3-4-5-6-7-8-9-10-11-12-13;1-7-5-3-4-6-8(7)2;/h2-13H2,1H3;3-6H,1-2H3;1H. The first-order valence-corrected chi connectivity index (χ1v) is 9.03. The van der Waals surface area contributed by atoms with Crippen LogP contribution in [0, 0.1) is 13.8 Å². The van der Waals surface area contributed by atoms with Gasteiger partial charge in [0.2, 0.25) is 0 Å². The van der Waals surface area contributed by atoms with Gasteiger partial charge in [-0.15, -0.1) is 0 Å². The Kier molecular flexibility index (Phi) is 20.0. The second-order valence-corrected chi connectivity index (χ2v) is 6.12. The molecule has 0 bridgehead atoms. The topological polar surface area (TPSA) is 27.6 Å². The lowest BCUT2D eigenvalue weighted by atomic mass is 10.1. The van der Waals surface area contributed by atoms with Crippen LogP contribution in [0.3, 0.4) is 0 Å². The molecule has 1 nitrogen and oxygen atoms in total. The van der Waals surface area contributed by atoms with Gasteiger partial charge in [0.05, 0.1) is 6.54 Å². The molecule has 1 aromatic rings. The van der Waals surface area contributed by atoms with Crippen LogP contribution >= 0.6 is 0 Å². The third-order valence-corrected chi connectivity index (χ3v) is 4.03. The first kappa shape index (κ1) is 23.7. The molecule has 0 aromatic heterocycles. The summed E-state index contributed by atoms with van der Waals surface area (Å²) in [7, 11) is 0. The number of hydrogen-bond donors (Lipinski definition) is 1. The molecule has 0 aliphatic carbocycles. The number of quaternary nitrogens is 1. The van der Waals surface area contributed by atoms with Crippen LogP contribution in [0.1, 0.15) is 82.3 Å². The fraction of sp³-hybridized carbons (Fsp3) is 0.700. The Labute approximate surface area is 145 Å². The van der Waals surface area contributed by atoms with Crippen molar-refractivity contribution in [2.45, 2.75) is 85.0 Å². The molecular weight excluding hydrogens is 290 g/mol. The lowest BCUT2D eigenvalue weighted by Crippen LogP contribution is -3.00. The number of unbranched alkanes of at least 4 members (excludes halogenated alkanes) is 9. The van der Waals surface area contributed by atoms with Crippen molar-refractivity contribution >= 4 is 0 Å². The Morgan fingerprint density at radius 1 is 0.682 bits per heavy atom. The molecule has 0 heterocycles. The van der Waals surface area contributed by atoms with E-state index in [1.165, 1.54) is 75.3 Å². The molecule has 0 fully saturated rings. The molecule has 1 aromatic carbocycles. The zero-order valence-electron chi connectivity index (χ0n) is 15.2. The SMILES string of the molecule is CCCCCCCCCCCC[NH3+].Cc1ccccc1C.[Cl-]. The molecule has 1 rings (SSSR count). The van der Waals surface area contributed by atoms with Gasteiger partial charge in [-0.2, -0.15) is 0 Å². The Hall–Kier alpha value is -0.530. The first-order valence-electron chi connectivity index (χ1n) is 9.03. The summed E-state index contributed by atoms with van der Waals surface area (Å²) in [6.07, 6.45) is 14.2. The number of hydrogen-bond acceptors (Lipinski definition) is 0. The fourth-order valence-electron chi connectivity index (χ4n) is 2.33. The Morgan fingerprint density at radius 2 is 1.05 bits per heavy atom. The lowest BCUT2D eigenvalue weighted by molar-refractivity contribution is -0.368. The molecule has 0 radical (unpaired) electrons. The largest absolute Gasteiger partial charge is 1.00 e. The smallest absolute Gasteiger partial charge is 0.0739 e. The van der Waals surface area contributed by atoms with E-state index in [4.69, 9.17) is 0 Å². The van der Waals surface area contributed by atoms with Crippen molar-refractivity contribution in [3.05, 3.63) is 35.4 Å². The normalized spacial score (nSPS) is 9.64. The van der Waals surface area contributed by atoms with Crippen LogP contribution < -0.4 is 18.1 Å². The van der Waals surface area contributed by atoms with Gasteiger partial charge in [0.15, 0.2) is 0 Å². The summed E-state index contributed by atoms with van der Waals surface area (Å²) in [5.74, 6) is 0. The molecule has 0 spiro atoms. The summed E-state index contributed by atoms with van der Waals surface area (Å²) in [4.78, 5) is 0. The van der Waals surface area contributed by atoms with Gasteiger partial charge < -0.3 is 18.1 Å². The average molecular weight is 328 g/mol. The van der Waals surface area contributed by atoms with Gasteiger partial charge in [0.1, 0.15) is 0 Å². The van der Waals surface area contributed by atoms with Gasteiger partial charge in [-0.25, -0.2) is 0 Å². The van der Waals surface area contributed by atoms with E-state index in [1.807, 2.05) is 0 Å². The van der Waals surface area contributed by atoms with Crippen molar-refractivity contribution in [3.8, 4) is 0 Å². The molecule has 22 heavy (non-hydrogen) atoms. The average Bonchev–Trinajstić information content (AvgIpc) is 2.49. The molecule has 0 aliphatic heterocycles. The van der Waals surface area contributed by atoms with E-state index in [0.717, 1.165) is 6.54 Å². The molecule has 0 unspecified atom stereocenters. The summed E-state index contributed by atoms with van der Waals surface area (Å²) >= 11 is 0. The first-order chi connectivity index (χ1) is 10.2. The minimum absolute atomic E-state index is 0. The highest BCUT2D eigenvalue weighted by molar-refractivity contribution is 5.23. The highest BCUT2D eigenvalue weighted by atomic mass is 35.5. The van der Waals surface area contributed by atoms with Gasteiger partial charge >= 0.3 is 0 Å². The predicted molar refractivity (Wildman–Crippen MR) is 95.5 cm³/mol. The number of halogens is 1. The van der Waals surface area contributed by atoms with Gasteiger partial charge in [-0.1, -0.05) is 82.6 Å². The monoisotopic (exact) mass is 327 g/mol. The quantitative estimate of drug-likeness (QED) is 0.639. The Bertz CT molecular complexity index is 294. The van der Waals surface area contributed by atoms with Gasteiger partial charge in [-0.05, 0) is 37.8 Å². The number of aryl methyl sites for hydroxylation is 2. The maximum Gasteiger partial charge on any atom is 0.0739 e. The van der Waals surface area contributed by atoms with Crippen molar-refractivity contribution in [2.75, 3.05) is 6.54 Å². The lowest BCUT2D eigenvalue weighted by Gasteiger charge is -2.00. The summed E-state index contributed by atoms with van der Waals surface area (Å²) < 4.78 is 0. The zero-order chi connectivity index (χ0) is 15.8. The van der Waals surface area contributed by atoms with Crippen molar-refractivity contribution in [2.24, 2.45) is 0 Å². The second-order valence-electron chi connectivity index (χ2n) is 6.12. The van der Waals surface area contributed by atoms with Crippen LogP contribution in [0.25, 0.3) is 0 Å². The molecule has 3 N–H and O–H groups in total. The Balaban J connectivity index is 0. The van der Waals surface area contributed by atoms with Crippen LogP contribution in [-0.2, 0) is 0 Å². The second kappa shape index (κ2) is 18.5. The van der Waals surface area contributed by atoms with Crippen molar-refractivity contribution < 1.29 is 18.1 Å². The molecule has 0 aliphatic rings. The molecule has 0 atom stereocenters. The summed E-state index contributed by atoms with van der Waals surface area (Å²) in [5, 5.41) is 0. The van der Waals surface area contributed by atoms with Crippen molar-refractivity contribution in [1.29, 1.82) is 0 Å². The van der Waals surface area contributed by atoms with E-state index >= 15 is 0 Å². The predicted octanol–water partition coefficient (Wildman–Crippen LogP) is 2.46. The minimum atomic E-state index is 0. The molecule has 2 heteroatoms. The van der Waals surface area contributed by atoms with Gasteiger partial charge in [0.25, 0.3) is 0 Å². The third-order valence-electron chi connectivity index (χ3n) is 4.03. The summed E-state index contributed by atoms with van der Waals surface area (Å²) in [6.45, 7) is 7.64. The zero-order valence-corrected chi connectivity index (χ0v) is 15.9. The van der Waals surface area contributed by atoms with Crippen LogP contribution in [0.15, 0.2) is 24.3 Å². The van der Waals surface area contributed by atoms with Crippen LogP contribution in [0.5, 0.6) is 0 Å². The van der Waals surface area contributed by atoms with Crippen molar-refractivity contribution in [3.63, 3.8) is 0 Å². The Morgan fingerprint density at radius 3 is 1.36 bits per heavy atom. The third kappa shape index (κ3) is 15.9. The fourth-order valence-corrected chi connectivity index (χ4v) is 2.33. The maximum atomic E-state index is 3.85. The van der Waals surface area contributed by atoms with E-state index < -0.39 is 0 Å². The summed E-state index contributed by atoms with van der Waals surface area (Å²) in [5.41, 5.74) is 6.59. The molecular formula is C20H38ClN.